The van der Waals surface area contributed by atoms with Crippen LogP contribution >= 0.6 is 0 Å². The molecule has 0 spiro atoms. The highest BCUT2D eigenvalue weighted by Crippen LogP contribution is 2.52. The molecule has 0 fully saturated rings. The van der Waals surface area contributed by atoms with Crippen molar-refractivity contribution in [3.8, 4) is 89.0 Å². The lowest BCUT2D eigenvalue weighted by Gasteiger charge is -2.22. The van der Waals surface area contributed by atoms with Crippen molar-refractivity contribution in [1.29, 1.82) is 0 Å². The SMILES string of the molecule is CC1(C)c2ccccc2-c2ccc(-c3ccc4ccc5c(-c6ccc(-c7cccc8ccccc78)cc6)ccc6ccc3c4c65)cc21.c1ccc2c(-c3ccc(-c4ccc5ccc6c(-c7ccc(-c8cc9ccccc9c9ccccc89)cc7)ccc7ccc4c5c76)cc3)cccc2c1. The van der Waals surface area contributed by atoms with Gasteiger partial charge in [-0.2, -0.15) is 0 Å². The summed E-state index contributed by atoms with van der Waals surface area (Å²) < 4.78 is 0. The summed E-state index contributed by atoms with van der Waals surface area (Å²) in [6, 6.07) is 131. The molecular weight excluding hydrogens is 1190 g/mol. The molecule has 20 aromatic rings. The van der Waals surface area contributed by atoms with Gasteiger partial charge in [-0.15, -0.1) is 0 Å². The van der Waals surface area contributed by atoms with Gasteiger partial charge >= 0.3 is 0 Å². The maximum Gasteiger partial charge on any atom is 0.0159 e. The van der Waals surface area contributed by atoms with E-state index in [1.165, 1.54) is 208 Å². The third-order valence-corrected chi connectivity index (χ3v) is 22.1. The van der Waals surface area contributed by atoms with Crippen LogP contribution in [0.3, 0.4) is 0 Å². The molecule has 20 aromatic carbocycles. The summed E-state index contributed by atoms with van der Waals surface area (Å²) in [6.45, 7) is 4.73. The average molecular weight is 1250 g/mol. The number of benzene rings is 20. The molecule has 21 rings (SSSR count). The summed E-state index contributed by atoms with van der Waals surface area (Å²) in [6.07, 6.45) is 0. The van der Waals surface area contributed by atoms with Crippen LogP contribution < -0.4 is 0 Å². The molecule has 0 unspecified atom stereocenters. The van der Waals surface area contributed by atoms with Gasteiger partial charge in [0.15, 0.2) is 0 Å². The molecule has 1 aliphatic rings. The van der Waals surface area contributed by atoms with E-state index in [4.69, 9.17) is 0 Å². The Morgan fingerprint density at radius 1 is 0.152 bits per heavy atom. The first-order valence-electron chi connectivity index (χ1n) is 34.7. The molecule has 0 nitrogen and oxygen atoms in total. The molecule has 0 radical (unpaired) electrons. The quantitative estimate of drug-likeness (QED) is 0.140. The lowest BCUT2D eigenvalue weighted by molar-refractivity contribution is 0.660. The molecule has 0 amide bonds. The van der Waals surface area contributed by atoms with Crippen LogP contribution in [-0.4, -0.2) is 0 Å². The Kier molecular flexibility index (Phi) is 12.8. The van der Waals surface area contributed by atoms with Gasteiger partial charge in [0, 0.05) is 5.41 Å². The molecule has 460 valence electrons. The van der Waals surface area contributed by atoms with Gasteiger partial charge in [-0.3, -0.25) is 0 Å². The second kappa shape index (κ2) is 22.3. The Labute approximate surface area is 575 Å². The van der Waals surface area contributed by atoms with Gasteiger partial charge in [-0.1, -0.05) is 354 Å². The molecule has 1 aliphatic carbocycles. The third-order valence-electron chi connectivity index (χ3n) is 22.1. The fourth-order valence-corrected chi connectivity index (χ4v) is 17.2. The first-order valence-corrected chi connectivity index (χ1v) is 34.7. The van der Waals surface area contributed by atoms with Gasteiger partial charge in [-0.05, 0) is 220 Å². The molecule has 99 heavy (non-hydrogen) atoms. The van der Waals surface area contributed by atoms with E-state index in [-0.39, 0.29) is 5.41 Å². The predicted molar refractivity (Wildman–Crippen MR) is 426 cm³/mol. The van der Waals surface area contributed by atoms with Crippen LogP contribution in [0.15, 0.2) is 352 Å². The average Bonchev–Trinajstić information content (AvgIpc) is 1.70. The smallest absolute Gasteiger partial charge is 0.0159 e. The second-order valence-corrected chi connectivity index (χ2v) is 27.7. The Balaban J connectivity index is 0.000000135. The van der Waals surface area contributed by atoms with E-state index in [0.717, 1.165) is 0 Å². The maximum atomic E-state index is 2.45. The normalized spacial score (nSPS) is 12.6. The van der Waals surface area contributed by atoms with Crippen molar-refractivity contribution in [2.75, 3.05) is 0 Å². The molecule has 0 heteroatoms. The number of fused-ring (bicyclic) bond motifs is 8. The van der Waals surface area contributed by atoms with Crippen LogP contribution in [0.5, 0.6) is 0 Å². The Morgan fingerprint density at radius 2 is 0.444 bits per heavy atom. The minimum absolute atomic E-state index is 0.0240. The Hall–Kier alpha value is -12.5. The number of hydrogen-bond donors (Lipinski definition) is 0. The summed E-state index contributed by atoms with van der Waals surface area (Å²) >= 11 is 0. The van der Waals surface area contributed by atoms with E-state index in [1.54, 1.807) is 0 Å². The van der Waals surface area contributed by atoms with E-state index in [9.17, 15) is 0 Å². The minimum Gasteiger partial charge on any atom is -0.0619 e. The van der Waals surface area contributed by atoms with E-state index in [2.05, 4.69) is 366 Å². The first kappa shape index (κ1) is 56.8. The fourth-order valence-electron chi connectivity index (χ4n) is 17.2. The lowest BCUT2D eigenvalue weighted by Crippen LogP contribution is -2.14. The van der Waals surface area contributed by atoms with E-state index >= 15 is 0 Å². The molecular formula is C99H64. The van der Waals surface area contributed by atoms with Crippen LogP contribution in [0.4, 0.5) is 0 Å². The van der Waals surface area contributed by atoms with Crippen molar-refractivity contribution in [3.63, 3.8) is 0 Å². The van der Waals surface area contributed by atoms with Gasteiger partial charge in [0.25, 0.3) is 0 Å². The van der Waals surface area contributed by atoms with Crippen molar-refractivity contribution >= 4 is 108 Å². The monoisotopic (exact) mass is 1250 g/mol. The zero-order valence-corrected chi connectivity index (χ0v) is 55.0. The summed E-state index contributed by atoms with van der Waals surface area (Å²) in [5.74, 6) is 0. The lowest BCUT2D eigenvalue weighted by atomic mass is 9.81. The Morgan fingerprint density at radius 3 is 0.899 bits per heavy atom. The maximum absolute atomic E-state index is 2.45. The zero-order valence-electron chi connectivity index (χ0n) is 55.0. The highest BCUT2D eigenvalue weighted by molar-refractivity contribution is 6.29. The fraction of sp³-hybridized carbons (Fsp3) is 0.0303. The third kappa shape index (κ3) is 9.00. The molecule has 0 saturated heterocycles. The summed E-state index contributed by atoms with van der Waals surface area (Å²) in [5.41, 5.74) is 23.2. The largest absolute Gasteiger partial charge is 0.0619 e. The number of rotatable bonds is 7. The molecule has 0 saturated carbocycles. The molecule has 0 bridgehead atoms. The second-order valence-electron chi connectivity index (χ2n) is 27.7. The standard InChI is InChI=1S/C52H32.C47H32/c1-3-11-41-33(8-1)10-7-15-42(41)34-16-18-35(19-17-34)44-28-24-38-27-31-49-45(29-25-39-26-30-48(44)51(38)52(39)49)36-20-22-37(23-21-36)50-32-40-9-2-4-12-43(40)46-13-5-6-14-47(46)50;1-47(2)43-13-6-5-11-39(43)40-25-22-34(28-44(40)47)38-24-19-33-20-26-41-37(23-18-32-21-27-42(38)46(33)45(32)41)31-16-14-30(15-17-31)36-12-7-9-29-8-3-4-10-35(29)36/h1-32H;3-28H,1-2H3. The summed E-state index contributed by atoms with van der Waals surface area (Å²) in [7, 11) is 0. The van der Waals surface area contributed by atoms with E-state index in [1.807, 2.05) is 0 Å². The van der Waals surface area contributed by atoms with Gasteiger partial charge in [0.05, 0.1) is 0 Å². The van der Waals surface area contributed by atoms with E-state index < -0.39 is 0 Å². The van der Waals surface area contributed by atoms with Crippen molar-refractivity contribution < 1.29 is 0 Å². The van der Waals surface area contributed by atoms with Gasteiger partial charge in [-0.25, -0.2) is 0 Å². The minimum atomic E-state index is -0.0240. The van der Waals surface area contributed by atoms with Crippen LogP contribution in [0.2, 0.25) is 0 Å². The summed E-state index contributed by atoms with van der Waals surface area (Å²) in [4.78, 5) is 0. The topological polar surface area (TPSA) is 0 Å². The molecule has 0 aliphatic heterocycles. The highest BCUT2D eigenvalue weighted by Gasteiger charge is 2.35. The zero-order chi connectivity index (χ0) is 65.5. The van der Waals surface area contributed by atoms with Crippen molar-refractivity contribution in [2.45, 2.75) is 19.3 Å². The molecule has 0 N–H and O–H groups in total. The van der Waals surface area contributed by atoms with Crippen LogP contribution in [0.25, 0.3) is 197 Å². The van der Waals surface area contributed by atoms with Crippen molar-refractivity contribution in [1.82, 2.24) is 0 Å². The van der Waals surface area contributed by atoms with E-state index in [0.29, 0.717) is 0 Å². The summed E-state index contributed by atoms with van der Waals surface area (Å²) in [5, 5.41) is 26.0. The molecule has 0 aromatic heterocycles. The molecule has 0 atom stereocenters. The Bertz CT molecular complexity index is 6630. The number of hydrogen-bond acceptors (Lipinski definition) is 0. The molecule has 0 heterocycles. The van der Waals surface area contributed by atoms with Gasteiger partial charge < -0.3 is 0 Å². The van der Waals surface area contributed by atoms with Gasteiger partial charge in [0.1, 0.15) is 0 Å². The highest BCUT2D eigenvalue weighted by atomic mass is 14.4. The van der Waals surface area contributed by atoms with Crippen molar-refractivity contribution in [2.24, 2.45) is 0 Å². The van der Waals surface area contributed by atoms with Crippen LogP contribution in [0.1, 0.15) is 25.0 Å². The van der Waals surface area contributed by atoms with Gasteiger partial charge in [0.2, 0.25) is 0 Å². The van der Waals surface area contributed by atoms with Crippen LogP contribution in [-0.2, 0) is 5.41 Å². The first-order chi connectivity index (χ1) is 48.8. The van der Waals surface area contributed by atoms with Crippen LogP contribution in [0, 0.1) is 0 Å². The van der Waals surface area contributed by atoms with Crippen molar-refractivity contribution in [3.05, 3.63) is 363 Å². The predicted octanol–water partition coefficient (Wildman–Crippen LogP) is 27.8.